The lowest BCUT2D eigenvalue weighted by molar-refractivity contribution is -0.167. The van der Waals surface area contributed by atoms with Gasteiger partial charge in [-0.05, 0) is 128 Å². The molecular weight excluding hydrogens is 1020 g/mol. The van der Waals surface area contributed by atoms with Crippen molar-refractivity contribution in [3.63, 3.8) is 0 Å². The average molecular weight is 1150 g/mol. The molecule has 0 saturated heterocycles. The third-order valence-electron chi connectivity index (χ3n) is 14.0. The lowest BCUT2D eigenvalue weighted by Crippen LogP contribution is -2.30. The van der Waals surface area contributed by atoms with Crippen molar-refractivity contribution in [1.82, 2.24) is 0 Å². The summed E-state index contributed by atoms with van der Waals surface area (Å²) in [5.41, 5.74) is 0. The summed E-state index contributed by atoms with van der Waals surface area (Å²) in [6.45, 7) is 6.38. The third-order valence-corrected chi connectivity index (χ3v) is 14.0. The van der Waals surface area contributed by atoms with Gasteiger partial charge in [0.25, 0.3) is 0 Å². The summed E-state index contributed by atoms with van der Waals surface area (Å²) >= 11 is 0. The van der Waals surface area contributed by atoms with Crippen molar-refractivity contribution < 1.29 is 28.6 Å². The van der Waals surface area contributed by atoms with Crippen molar-refractivity contribution in [2.45, 2.75) is 297 Å². The quantitative estimate of drug-likeness (QED) is 0.0261. The second-order valence-electron chi connectivity index (χ2n) is 22.0. The summed E-state index contributed by atoms with van der Waals surface area (Å²) in [5, 5.41) is 0. The van der Waals surface area contributed by atoms with Crippen LogP contribution in [0.3, 0.4) is 0 Å². The fourth-order valence-electron chi connectivity index (χ4n) is 9.01. The van der Waals surface area contributed by atoms with Crippen LogP contribution in [-0.4, -0.2) is 37.2 Å². The molecule has 0 saturated carbocycles. The maximum Gasteiger partial charge on any atom is 0.306 e. The van der Waals surface area contributed by atoms with E-state index in [0.717, 1.165) is 141 Å². The van der Waals surface area contributed by atoms with E-state index in [2.05, 4.69) is 179 Å². The molecule has 0 aromatic rings. The molecular formula is C77H124O6. The standard InChI is InChI=1S/C77H124O6/c1-4-7-10-13-16-19-22-25-27-29-31-33-35-37-38-40-41-43-45-47-49-52-55-58-61-64-67-70-76(79)82-73-74(72-81-75(78)69-66-63-60-57-54-51-24-21-18-15-12-9-6-3)83-77(80)71-68-65-62-59-56-53-50-48-46-44-42-39-36-34-32-30-28-26-23-20-17-14-11-8-5-2/h7-8,10-11,16-17,19-20,25-28,31-34,37-39,41-43,47,49,55,58,74H,4-6,9,12-15,18,21-24,29-30,35-36,40,44-46,48,50-54,56-57,59-73H2,1-3H3/b10-7-,11-8-,19-16-,20-17-,27-25-,28-26-,33-31-,34-32-,38-37-,42-39-,43-41-,49-47-,58-55-. The molecule has 0 bridgehead atoms. The van der Waals surface area contributed by atoms with Crippen LogP contribution in [0.1, 0.15) is 290 Å². The van der Waals surface area contributed by atoms with Crippen LogP contribution in [0.5, 0.6) is 0 Å². The molecule has 0 aromatic heterocycles. The molecule has 0 aliphatic heterocycles. The fraction of sp³-hybridized carbons (Fsp3) is 0.623. The predicted octanol–water partition coefficient (Wildman–Crippen LogP) is 23.7. The number of hydrogen-bond donors (Lipinski definition) is 0. The molecule has 6 heteroatoms. The van der Waals surface area contributed by atoms with Crippen molar-refractivity contribution in [2.24, 2.45) is 0 Å². The number of carbonyl (C=O) groups is 3. The van der Waals surface area contributed by atoms with E-state index in [1.54, 1.807) is 0 Å². The topological polar surface area (TPSA) is 78.9 Å². The van der Waals surface area contributed by atoms with Crippen LogP contribution in [0.4, 0.5) is 0 Å². The Bertz CT molecular complexity index is 1840. The Labute approximate surface area is 511 Å². The van der Waals surface area contributed by atoms with E-state index in [4.69, 9.17) is 14.2 Å². The molecule has 0 amide bonds. The van der Waals surface area contributed by atoms with E-state index in [1.807, 2.05) is 0 Å². The van der Waals surface area contributed by atoms with Gasteiger partial charge in [-0.2, -0.15) is 0 Å². The second-order valence-corrected chi connectivity index (χ2v) is 22.0. The summed E-state index contributed by atoms with van der Waals surface area (Å²) in [5.74, 6) is -0.948. The van der Waals surface area contributed by atoms with Gasteiger partial charge in [0.1, 0.15) is 13.2 Å². The minimum Gasteiger partial charge on any atom is -0.462 e. The number of rotatable bonds is 60. The van der Waals surface area contributed by atoms with E-state index in [1.165, 1.54) is 103 Å². The monoisotopic (exact) mass is 1140 g/mol. The molecule has 1 unspecified atom stereocenters. The van der Waals surface area contributed by atoms with Gasteiger partial charge >= 0.3 is 17.9 Å². The lowest BCUT2D eigenvalue weighted by Gasteiger charge is -2.18. The molecule has 0 fully saturated rings. The molecule has 468 valence electrons. The van der Waals surface area contributed by atoms with E-state index >= 15 is 0 Å². The summed E-state index contributed by atoms with van der Waals surface area (Å²) in [6, 6.07) is 0. The first-order valence-electron chi connectivity index (χ1n) is 34.0. The minimum absolute atomic E-state index is 0.0980. The van der Waals surface area contributed by atoms with Crippen LogP contribution in [0, 0.1) is 0 Å². The fourth-order valence-corrected chi connectivity index (χ4v) is 9.01. The van der Waals surface area contributed by atoms with Crippen molar-refractivity contribution in [1.29, 1.82) is 0 Å². The summed E-state index contributed by atoms with van der Waals surface area (Å²) in [4.78, 5) is 38.4. The summed E-state index contributed by atoms with van der Waals surface area (Å²) in [6.07, 6.45) is 101. The zero-order valence-corrected chi connectivity index (χ0v) is 53.7. The van der Waals surface area contributed by atoms with Gasteiger partial charge in [0.05, 0.1) is 0 Å². The normalized spacial score (nSPS) is 13.1. The number of hydrogen-bond acceptors (Lipinski definition) is 6. The molecule has 0 heterocycles. The molecule has 0 rings (SSSR count). The van der Waals surface area contributed by atoms with Crippen molar-refractivity contribution in [2.75, 3.05) is 13.2 Å². The number of carbonyl (C=O) groups excluding carboxylic acids is 3. The number of allylic oxidation sites excluding steroid dienone is 26. The molecule has 83 heavy (non-hydrogen) atoms. The SMILES string of the molecule is CC/C=C\C/C=C\C/C=C\C/C=C\C/C=C\C/C=C\C/C=C\C/C=C\CCCCC(=O)OCC(COC(=O)CCCCCCCCCCCCCCC)OC(=O)CCCCCCCCCCC/C=C\C/C=C\C/C=C\C/C=C\C/C=C\CC. The van der Waals surface area contributed by atoms with Gasteiger partial charge in [-0.25, -0.2) is 0 Å². The van der Waals surface area contributed by atoms with Gasteiger partial charge in [-0.15, -0.1) is 0 Å². The smallest absolute Gasteiger partial charge is 0.306 e. The van der Waals surface area contributed by atoms with Crippen molar-refractivity contribution in [3.8, 4) is 0 Å². The Morgan fingerprint density at radius 2 is 0.470 bits per heavy atom. The first-order chi connectivity index (χ1) is 41.0. The summed E-state index contributed by atoms with van der Waals surface area (Å²) in [7, 11) is 0. The molecule has 1 atom stereocenters. The van der Waals surface area contributed by atoms with Crippen LogP contribution < -0.4 is 0 Å². The molecule has 0 N–H and O–H groups in total. The molecule has 0 radical (unpaired) electrons. The van der Waals surface area contributed by atoms with Gasteiger partial charge in [0.2, 0.25) is 0 Å². The number of ether oxygens (including phenoxy) is 3. The minimum atomic E-state index is -0.807. The Morgan fingerprint density at radius 1 is 0.253 bits per heavy atom. The van der Waals surface area contributed by atoms with Crippen LogP contribution in [0.25, 0.3) is 0 Å². The van der Waals surface area contributed by atoms with Crippen LogP contribution in [-0.2, 0) is 28.6 Å². The maximum absolute atomic E-state index is 12.9. The first kappa shape index (κ1) is 78.0. The lowest BCUT2D eigenvalue weighted by atomic mass is 10.0. The van der Waals surface area contributed by atoms with Gasteiger partial charge in [0.15, 0.2) is 6.10 Å². The van der Waals surface area contributed by atoms with Crippen LogP contribution in [0.15, 0.2) is 158 Å². The Kier molecular flexibility index (Phi) is 65.4. The molecule has 0 aromatic carbocycles. The van der Waals surface area contributed by atoms with Gasteiger partial charge in [0, 0.05) is 19.3 Å². The highest BCUT2D eigenvalue weighted by atomic mass is 16.6. The zero-order valence-electron chi connectivity index (χ0n) is 53.7. The predicted molar refractivity (Wildman–Crippen MR) is 362 cm³/mol. The number of unbranched alkanes of at least 4 members (excludes halogenated alkanes) is 23. The number of esters is 3. The molecule has 0 aliphatic carbocycles. The van der Waals surface area contributed by atoms with Crippen LogP contribution >= 0.6 is 0 Å². The van der Waals surface area contributed by atoms with Crippen molar-refractivity contribution >= 4 is 17.9 Å². The second kappa shape index (κ2) is 69.5. The van der Waals surface area contributed by atoms with Gasteiger partial charge in [-0.1, -0.05) is 301 Å². The van der Waals surface area contributed by atoms with E-state index in [9.17, 15) is 14.4 Å². The Balaban J connectivity index is 4.44. The molecule has 0 spiro atoms. The highest BCUT2D eigenvalue weighted by molar-refractivity contribution is 5.71. The molecule has 6 nitrogen and oxygen atoms in total. The van der Waals surface area contributed by atoms with Gasteiger partial charge in [-0.3, -0.25) is 14.4 Å². The molecule has 0 aliphatic rings. The average Bonchev–Trinajstić information content (AvgIpc) is 3.49. The van der Waals surface area contributed by atoms with E-state index in [-0.39, 0.29) is 31.1 Å². The largest absolute Gasteiger partial charge is 0.462 e. The van der Waals surface area contributed by atoms with E-state index in [0.29, 0.717) is 25.7 Å². The Morgan fingerprint density at radius 3 is 0.759 bits per heavy atom. The summed E-state index contributed by atoms with van der Waals surface area (Å²) < 4.78 is 16.9. The van der Waals surface area contributed by atoms with Crippen molar-refractivity contribution in [3.05, 3.63) is 158 Å². The van der Waals surface area contributed by atoms with Gasteiger partial charge < -0.3 is 14.2 Å². The Hall–Kier alpha value is -4.97. The zero-order chi connectivity index (χ0) is 59.9. The maximum atomic E-state index is 12.9. The van der Waals surface area contributed by atoms with Crippen LogP contribution in [0.2, 0.25) is 0 Å². The van der Waals surface area contributed by atoms with E-state index < -0.39 is 6.10 Å². The third kappa shape index (κ3) is 67.7. The highest BCUT2D eigenvalue weighted by Crippen LogP contribution is 2.16. The first-order valence-corrected chi connectivity index (χ1v) is 34.0. The highest BCUT2D eigenvalue weighted by Gasteiger charge is 2.19.